The fourth-order valence-corrected chi connectivity index (χ4v) is 1.79. The highest BCUT2D eigenvalue weighted by Crippen LogP contribution is 2.27. The number of pyridine rings is 1. The van der Waals surface area contributed by atoms with Gasteiger partial charge in [-0.25, -0.2) is 9.78 Å². The molecule has 20 heavy (non-hydrogen) atoms. The average Bonchev–Trinajstić information content (AvgIpc) is 2.53. The van der Waals surface area contributed by atoms with Gasteiger partial charge in [0.25, 0.3) is 0 Å². The van der Waals surface area contributed by atoms with Gasteiger partial charge in [-0.05, 0) is 17.7 Å². The Kier molecular flexibility index (Phi) is 3.41. The standard InChI is InChI=1S/C15H12N2O3/c18-15(19-10-11-5-2-1-3-6-11)13-9-17-12-7-4-8-16-14(12)20-13/h1-9,13H,10H2. The molecule has 5 nitrogen and oxygen atoms in total. The smallest absolute Gasteiger partial charge is 0.353 e. The molecule has 100 valence electrons. The third-order valence-corrected chi connectivity index (χ3v) is 2.79. The van der Waals surface area contributed by atoms with Crippen molar-refractivity contribution in [1.29, 1.82) is 0 Å². The van der Waals surface area contributed by atoms with Crippen LogP contribution in [0, 0.1) is 0 Å². The first-order valence-electron chi connectivity index (χ1n) is 6.19. The van der Waals surface area contributed by atoms with Gasteiger partial charge in [-0.1, -0.05) is 30.3 Å². The van der Waals surface area contributed by atoms with Crippen LogP contribution in [-0.4, -0.2) is 23.3 Å². The fourth-order valence-electron chi connectivity index (χ4n) is 1.79. The molecule has 0 bridgehead atoms. The summed E-state index contributed by atoms with van der Waals surface area (Å²) in [6.45, 7) is 0.211. The quantitative estimate of drug-likeness (QED) is 0.801. The molecule has 2 heterocycles. The van der Waals surface area contributed by atoms with Crippen LogP contribution >= 0.6 is 0 Å². The summed E-state index contributed by atoms with van der Waals surface area (Å²) in [7, 11) is 0. The number of hydrogen-bond donors (Lipinski definition) is 0. The minimum absolute atomic E-state index is 0.211. The molecule has 1 unspecified atom stereocenters. The van der Waals surface area contributed by atoms with Crippen LogP contribution in [0.5, 0.6) is 5.88 Å². The van der Waals surface area contributed by atoms with E-state index in [1.807, 2.05) is 30.3 Å². The molecule has 0 fully saturated rings. The van der Waals surface area contributed by atoms with E-state index in [2.05, 4.69) is 9.98 Å². The SMILES string of the molecule is O=C(OCc1ccccc1)C1C=Nc2cccnc2O1. The van der Waals surface area contributed by atoms with Crippen LogP contribution in [0.4, 0.5) is 5.69 Å². The predicted octanol–water partition coefficient (Wildman–Crippen LogP) is 2.29. The van der Waals surface area contributed by atoms with Crippen molar-refractivity contribution >= 4 is 17.9 Å². The zero-order valence-corrected chi connectivity index (χ0v) is 10.6. The average molecular weight is 268 g/mol. The number of fused-ring (bicyclic) bond motifs is 1. The van der Waals surface area contributed by atoms with Crippen molar-refractivity contribution in [2.75, 3.05) is 0 Å². The number of ether oxygens (including phenoxy) is 2. The molecule has 0 aliphatic carbocycles. The number of aliphatic imine (C=N–C) groups is 1. The maximum atomic E-state index is 11.9. The second kappa shape index (κ2) is 5.52. The van der Waals surface area contributed by atoms with Crippen molar-refractivity contribution in [3.05, 3.63) is 54.2 Å². The zero-order valence-electron chi connectivity index (χ0n) is 10.6. The Hall–Kier alpha value is -2.69. The largest absolute Gasteiger partial charge is 0.458 e. The molecule has 1 atom stereocenters. The third-order valence-electron chi connectivity index (χ3n) is 2.79. The number of carbonyl (C=O) groups excluding carboxylic acids is 1. The molecule has 0 amide bonds. The van der Waals surface area contributed by atoms with E-state index < -0.39 is 12.1 Å². The molecular weight excluding hydrogens is 256 g/mol. The molecule has 3 rings (SSSR count). The first kappa shape index (κ1) is 12.3. The van der Waals surface area contributed by atoms with Crippen LogP contribution < -0.4 is 4.74 Å². The van der Waals surface area contributed by atoms with Crippen LogP contribution in [0.25, 0.3) is 0 Å². The molecule has 1 aliphatic heterocycles. The molecule has 0 saturated carbocycles. The van der Waals surface area contributed by atoms with E-state index >= 15 is 0 Å². The van der Waals surface area contributed by atoms with Crippen LogP contribution in [0.1, 0.15) is 5.56 Å². The number of aromatic nitrogens is 1. The Morgan fingerprint density at radius 1 is 1.20 bits per heavy atom. The lowest BCUT2D eigenvalue weighted by molar-refractivity contribution is -0.150. The molecule has 1 aliphatic rings. The van der Waals surface area contributed by atoms with Gasteiger partial charge in [-0.3, -0.25) is 4.99 Å². The van der Waals surface area contributed by atoms with E-state index in [1.165, 1.54) is 6.21 Å². The van der Waals surface area contributed by atoms with Gasteiger partial charge >= 0.3 is 5.97 Å². The van der Waals surface area contributed by atoms with E-state index in [9.17, 15) is 4.79 Å². The van der Waals surface area contributed by atoms with Gasteiger partial charge in [0.05, 0.1) is 6.21 Å². The summed E-state index contributed by atoms with van der Waals surface area (Å²) >= 11 is 0. The predicted molar refractivity (Wildman–Crippen MR) is 73.0 cm³/mol. The summed E-state index contributed by atoms with van der Waals surface area (Å²) in [5, 5.41) is 0. The number of nitrogens with zero attached hydrogens (tertiary/aromatic N) is 2. The van der Waals surface area contributed by atoms with Crippen LogP contribution in [0.3, 0.4) is 0 Å². The second-order valence-corrected chi connectivity index (χ2v) is 4.24. The summed E-state index contributed by atoms with van der Waals surface area (Å²) in [5.41, 5.74) is 1.53. The summed E-state index contributed by atoms with van der Waals surface area (Å²) in [6, 6.07) is 13.0. The van der Waals surface area contributed by atoms with Crippen molar-refractivity contribution in [1.82, 2.24) is 4.98 Å². The molecule has 0 saturated heterocycles. The van der Waals surface area contributed by atoms with E-state index in [4.69, 9.17) is 9.47 Å². The summed E-state index contributed by atoms with van der Waals surface area (Å²) in [6.07, 6.45) is 2.17. The highest BCUT2D eigenvalue weighted by atomic mass is 16.6. The van der Waals surface area contributed by atoms with Crippen molar-refractivity contribution in [2.45, 2.75) is 12.7 Å². The van der Waals surface area contributed by atoms with Gasteiger partial charge < -0.3 is 9.47 Å². The molecular formula is C15H12N2O3. The topological polar surface area (TPSA) is 60.8 Å². The minimum atomic E-state index is -0.846. The van der Waals surface area contributed by atoms with Crippen molar-refractivity contribution in [3.63, 3.8) is 0 Å². The third kappa shape index (κ3) is 2.66. The monoisotopic (exact) mass is 268 g/mol. The number of carbonyl (C=O) groups is 1. The Morgan fingerprint density at radius 2 is 2.05 bits per heavy atom. The molecule has 1 aromatic heterocycles. The highest BCUT2D eigenvalue weighted by molar-refractivity contribution is 5.95. The number of benzene rings is 1. The second-order valence-electron chi connectivity index (χ2n) is 4.24. The first-order valence-corrected chi connectivity index (χ1v) is 6.19. The Balaban J connectivity index is 1.62. The van der Waals surface area contributed by atoms with Crippen LogP contribution in [-0.2, 0) is 16.1 Å². The lowest BCUT2D eigenvalue weighted by atomic mass is 10.2. The van der Waals surface area contributed by atoms with E-state index in [-0.39, 0.29) is 6.61 Å². The lowest BCUT2D eigenvalue weighted by Gasteiger charge is -2.18. The molecule has 0 N–H and O–H groups in total. The maximum Gasteiger partial charge on any atom is 0.353 e. The number of esters is 1. The summed E-state index contributed by atoms with van der Waals surface area (Å²) in [5.74, 6) is -0.134. The van der Waals surface area contributed by atoms with Gasteiger partial charge in [0.2, 0.25) is 12.0 Å². The van der Waals surface area contributed by atoms with Crippen LogP contribution in [0.15, 0.2) is 53.7 Å². The zero-order chi connectivity index (χ0) is 13.8. The van der Waals surface area contributed by atoms with Gasteiger partial charge in [0.15, 0.2) is 0 Å². The number of rotatable bonds is 3. The Labute approximate surface area is 115 Å². The van der Waals surface area contributed by atoms with Crippen molar-refractivity contribution < 1.29 is 14.3 Å². The number of hydrogen-bond acceptors (Lipinski definition) is 5. The van der Waals surface area contributed by atoms with E-state index in [0.717, 1.165) is 5.56 Å². The molecule has 5 heteroatoms. The summed E-state index contributed by atoms with van der Waals surface area (Å²) < 4.78 is 10.6. The van der Waals surface area contributed by atoms with Crippen LogP contribution in [0.2, 0.25) is 0 Å². The van der Waals surface area contributed by atoms with Gasteiger partial charge in [0, 0.05) is 6.20 Å². The molecule has 1 aromatic carbocycles. The summed E-state index contributed by atoms with van der Waals surface area (Å²) in [4.78, 5) is 20.1. The lowest BCUT2D eigenvalue weighted by Crippen LogP contribution is -2.32. The molecule has 0 radical (unpaired) electrons. The maximum absolute atomic E-state index is 11.9. The Morgan fingerprint density at radius 3 is 2.90 bits per heavy atom. The minimum Gasteiger partial charge on any atom is -0.458 e. The van der Waals surface area contributed by atoms with E-state index in [0.29, 0.717) is 11.6 Å². The molecule has 2 aromatic rings. The fraction of sp³-hybridized carbons (Fsp3) is 0.133. The van der Waals surface area contributed by atoms with E-state index in [1.54, 1.807) is 18.3 Å². The molecule has 0 spiro atoms. The van der Waals surface area contributed by atoms with Gasteiger partial charge in [0.1, 0.15) is 12.3 Å². The highest BCUT2D eigenvalue weighted by Gasteiger charge is 2.25. The van der Waals surface area contributed by atoms with Gasteiger partial charge in [-0.15, -0.1) is 0 Å². The normalized spacial score (nSPS) is 16.1. The van der Waals surface area contributed by atoms with Crippen molar-refractivity contribution in [3.8, 4) is 5.88 Å². The first-order chi connectivity index (χ1) is 9.83. The van der Waals surface area contributed by atoms with Gasteiger partial charge in [-0.2, -0.15) is 0 Å². The Bertz CT molecular complexity index is 641. The van der Waals surface area contributed by atoms with Crippen molar-refractivity contribution in [2.24, 2.45) is 4.99 Å².